The predicted octanol–water partition coefficient (Wildman–Crippen LogP) is 2.08. The zero-order valence-corrected chi connectivity index (χ0v) is 11.0. The van der Waals surface area contributed by atoms with Gasteiger partial charge in [0.15, 0.2) is 0 Å². The molecule has 3 aromatic rings. The maximum Gasteiger partial charge on any atom is 0.270 e. The molecule has 0 fully saturated rings. The maximum atomic E-state index is 12.5. The smallest absolute Gasteiger partial charge is 0.270 e. The number of fused-ring (bicyclic) bond motifs is 2. The number of nitrogens with zero attached hydrogens (tertiary/aromatic N) is 3. The van der Waals surface area contributed by atoms with Crippen molar-refractivity contribution in [2.75, 3.05) is 6.54 Å². The van der Waals surface area contributed by atoms with Crippen LogP contribution in [-0.2, 0) is 13.1 Å². The van der Waals surface area contributed by atoms with E-state index in [0.717, 1.165) is 29.0 Å². The first-order valence-electron chi connectivity index (χ1n) is 6.16. The number of amides is 1. The lowest BCUT2D eigenvalue weighted by Gasteiger charge is -2.27. The standard InChI is InChI=1S/C13H12N4OS/c18-13(11-5-12-10(15-11)1-4-19-12)16-2-3-17-8-14-6-9(17)7-16/h1,4-6,8,15H,2-3,7H2. The summed E-state index contributed by atoms with van der Waals surface area (Å²) in [5, 5.41) is 2.02. The minimum Gasteiger partial charge on any atom is -0.350 e. The number of hydrogen-bond donors (Lipinski definition) is 1. The third-order valence-electron chi connectivity index (χ3n) is 3.52. The van der Waals surface area contributed by atoms with Gasteiger partial charge < -0.3 is 14.5 Å². The van der Waals surface area contributed by atoms with E-state index in [-0.39, 0.29) is 5.91 Å². The normalized spacial score (nSPS) is 14.8. The first-order chi connectivity index (χ1) is 9.31. The molecule has 0 bridgehead atoms. The number of rotatable bonds is 1. The molecule has 1 aliphatic rings. The van der Waals surface area contributed by atoms with Crippen LogP contribution in [0.2, 0.25) is 0 Å². The second-order valence-corrected chi connectivity index (χ2v) is 5.63. The van der Waals surface area contributed by atoms with Crippen molar-refractivity contribution in [3.8, 4) is 0 Å². The Morgan fingerprint density at radius 1 is 1.42 bits per heavy atom. The van der Waals surface area contributed by atoms with Crippen LogP contribution < -0.4 is 0 Å². The number of nitrogens with one attached hydrogen (secondary N) is 1. The Balaban J connectivity index is 1.63. The van der Waals surface area contributed by atoms with Crippen LogP contribution in [0, 0.1) is 0 Å². The Bertz CT molecular complexity index is 725. The van der Waals surface area contributed by atoms with Crippen LogP contribution in [0.5, 0.6) is 0 Å². The van der Waals surface area contributed by atoms with Crippen molar-refractivity contribution in [3.05, 3.63) is 41.4 Å². The monoisotopic (exact) mass is 272 g/mol. The van der Waals surface area contributed by atoms with E-state index in [9.17, 15) is 4.79 Å². The van der Waals surface area contributed by atoms with Gasteiger partial charge in [-0.1, -0.05) is 0 Å². The number of aromatic nitrogens is 3. The largest absolute Gasteiger partial charge is 0.350 e. The lowest BCUT2D eigenvalue weighted by atomic mass is 10.2. The highest BCUT2D eigenvalue weighted by molar-refractivity contribution is 7.17. The fraction of sp³-hybridized carbons (Fsp3) is 0.231. The molecule has 0 saturated carbocycles. The first-order valence-corrected chi connectivity index (χ1v) is 7.04. The summed E-state index contributed by atoms with van der Waals surface area (Å²) in [6.07, 6.45) is 3.65. The Labute approximate surface area is 113 Å². The van der Waals surface area contributed by atoms with Crippen LogP contribution in [-0.4, -0.2) is 31.9 Å². The summed E-state index contributed by atoms with van der Waals surface area (Å²) >= 11 is 1.65. The van der Waals surface area contributed by atoms with Crippen molar-refractivity contribution in [3.63, 3.8) is 0 Å². The second kappa shape index (κ2) is 3.96. The van der Waals surface area contributed by atoms with Crippen LogP contribution in [0.3, 0.4) is 0 Å². The van der Waals surface area contributed by atoms with E-state index in [1.54, 1.807) is 11.3 Å². The fourth-order valence-electron chi connectivity index (χ4n) is 2.49. The lowest BCUT2D eigenvalue weighted by molar-refractivity contribution is 0.0706. The Kier molecular flexibility index (Phi) is 2.25. The maximum absolute atomic E-state index is 12.5. The molecule has 0 atom stereocenters. The molecule has 96 valence electrons. The number of hydrogen-bond acceptors (Lipinski definition) is 3. The number of carbonyl (C=O) groups excluding carboxylic acids is 1. The van der Waals surface area contributed by atoms with E-state index in [1.165, 1.54) is 0 Å². The SMILES string of the molecule is O=C(c1cc2sccc2[nH]1)N1CCn2cncc2C1. The van der Waals surface area contributed by atoms with Crippen molar-refractivity contribution in [1.29, 1.82) is 0 Å². The summed E-state index contributed by atoms with van der Waals surface area (Å²) in [5.74, 6) is 0.0656. The van der Waals surface area contributed by atoms with Gasteiger partial charge in [-0.2, -0.15) is 0 Å². The van der Waals surface area contributed by atoms with Gasteiger partial charge in [-0.3, -0.25) is 4.79 Å². The van der Waals surface area contributed by atoms with Crippen molar-refractivity contribution in [1.82, 2.24) is 19.4 Å². The zero-order valence-electron chi connectivity index (χ0n) is 10.2. The third-order valence-corrected chi connectivity index (χ3v) is 4.38. The summed E-state index contributed by atoms with van der Waals surface area (Å²) in [6.45, 7) is 2.18. The summed E-state index contributed by atoms with van der Waals surface area (Å²) in [4.78, 5) is 21.6. The zero-order chi connectivity index (χ0) is 12.8. The molecule has 5 nitrogen and oxygen atoms in total. The highest BCUT2D eigenvalue weighted by Crippen LogP contribution is 2.23. The van der Waals surface area contributed by atoms with Crippen molar-refractivity contribution >= 4 is 27.5 Å². The van der Waals surface area contributed by atoms with E-state index < -0.39 is 0 Å². The predicted molar refractivity (Wildman–Crippen MR) is 73.1 cm³/mol. The Morgan fingerprint density at radius 3 is 3.26 bits per heavy atom. The average molecular weight is 272 g/mol. The molecule has 1 N–H and O–H groups in total. The van der Waals surface area contributed by atoms with Gasteiger partial charge >= 0.3 is 0 Å². The van der Waals surface area contributed by atoms with E-state index in [0.29, 0.717) is 12.2 Å². The lowest BCUT2D eigenvalue weighted by Crippen LogP contribution is -2.38. The summed E-state index contributed by atoms with van der Waals surface area (Å²) in [7, 11) is 0. The van der Waals surface area contributed by atoms with Crippen LogP contribution in [0.15, 0.2) is 30.0 Å². The summed E-state index contributed by atoms with van der Waals surface area (Å²) < 4.78 is 3.22. The first kappa shape index (κ1) is 10.8. The quantitative estimate of drug-likeness (QED) is 0.737. The summed E-state index contributed by atoms with van der Waals surface area (Å²) in [5.41, 5.74) is 2.80. The molecule has 6 heteroatoms. The highest BCUT2D eigenvalue weighted by Gasteiger charge is 2.23. The third kappa shape index (κ3) is 1.67. The van der Waals surface area contributed by atoms with E-state index in [1.807, 2.05) is 34.9 Å². The van der Waals surface area contributed by atoms with Gasteiger partial charge in [0.1, 0.15) is 5.69 Å². The van der Waals surface area contributed by atoms with Crippen LogP contribution >= 0.6 is 11.3 Å². The van der Waals surface area contributed by atoms with Gasteiger partial charge in [0.2, 0.25) is 0 Å². The number of thiophene rings is 1. The van der Waals surface area contributed by atoms with Crippen molar-refractivity contribution in [2.45, 2.75) is 13.1 Å². The molecule has 1 amide bonds. The van der Waals surface area contributed by atoms with Crippen LogP contribution in [0.1, 0.15) is 16.2 Å². The molecule has 4 heterocycles. The molecular weight excluding hydrogens is 260 g/mol. The highest BCUT2D eigenvalue weighted by atomic mass is 32.1. The molecule has 0 aromatic carbocycles. The molecule has 0 radical (unpaired) electrons. The molecule has 0 aliphatic carbocycles. The fourth-order valence-corrected chi connectivity index (χ4v) is 3.27. The van der Waals surface area contributed by atoms with Gasteiger partial charge in [0.25, 0.3) is 5.91 Å². The number of aromatic amines is 1. The number of imidazole rings is 1. The average Bonchev–Trinajstić information content (AvgIpc) is 3.11. The molecule has 3 aromatic heterocycles. The van der Waals surface area contributed by atoms with Crippen molar-refractivity contribution < 1.29 is 4.79 Å². The van der Waals surface area contributed by atoms with Crippen molar-refractivity contribution in [2.24, 2.45) is 0 Å². The molecule has 0 unspecified atom stereocenters. The van der Waals surface area contributed by atoms with Crippen LogP contribution in [0.4, 0.5) is 0 Å². The topological polar surface area (TPSA) is 53.9 Å². The van der Waals surface area contributed by atoms with Gasteiger partial charge in [-0.25, -0.2) is 4.98 Å². The van der Waals surface area contributed by atoms with Crippen LogP contribution in [0.25, 0.3) is 10.2 Å². The Morgan fingerprint density at radius 2 is 2.37 bits per heavy atom. The molecular formula is C13H12N4OS. The van der Waals surface area contributed by atoms with Gasteiger partial charge in [0, 0.05) is 19.3 Å². The number of carbonyl (C=O) groups is 1. The van der Waals surface area contributed by atoms with E-state index in [2.05, 4.69) is 14.5 Å². The van der Waals surface area contributed by atoms with Gasteiger partial charge in [0.05, 0.1) is 28.8 Å². The minimum absolute atomic E-state index is 0.0656. The molecule has 0 spiro atoms. The molecule has 19 heavy (non-hydrogen) atoms. The molecule has 4 rings (SSSR count). The van der Waals surface area contributed by atoms with Gasteiger partial charge in [-0.05, 0) is 17.5 Å². The molecule has 1 aliphatic heterocycles. The second-order valence-electron chi connectivity index (χ2n) is 4.69. The van der Waals surface area contributed by atoms with E-state index in [4.69, 9.17) is 0 Å². The van der Waals surface area contributed by atoms with Gasteiger partial charge in [-0.15, -0.1) is 11.3 Å². The van der Waals surface area contributed by atoms with E-state index >= 15 is 0 Å². The molecule has 0 saturated heterocycles. The Hall–Kier alpha value is -2.08. The summed E-state index contributed by atoms with van der Waals surface area (Å²) in [6, 6.07) is 3.94. The minimum atomic E-state index is 0.0656. The number of H-pyrrole nitrogens is 1.